The van der Waals surface area contributed by atoms with Crippen molar-refractivity contribution in [1.82, 2.24) is 0 Å². The van der Waals surface area contributed by atoms with Crippen LogP contribution in [-0.4, -0.2) is 3.44 Å². The summed E-state index contributed by atoms with van der Waals surface area (Å²) < 4.78 is 24.5. The van der Waals surface area contributed by atoms with Crippen LogP contribution in [0.1, 0.15) is 0 Å². The van der Waals surface area contributed by atoms with Crippen LogP contribution in [0.2, 0.25) is 0 Å². The molecule has 2 aromatic carbocycles. The molecule has 14 heavy (non-hydrogen) atoms. The van der Waals surface area contributed by atoms with E-state index in [9.17, 15) is 0 Å². The van der Waals surface area contributed by atoms with Gasteiger partial charge < -0.3 is 6.87 Å². The van der Waals surface area contributed by atoms with Gasteiger partial charge >= 0.3 is 21.1 Å². The summed E-state index contributed by atoms with van der Waals surface area (Å²) in [4.78, 5) is 0. The van der Waals surface area contributed by atoms with Crippen molar-refractivity contribution in [1.29, 1.82) is 0 Å². The van der Waals surface area contributed by atoms with Gasteiger partial charge in [-0.15, -0.1) is 0 Å². The summed E-state index contributed by atoms with van der Waals surface area (Å²) in [6.07, 6.45) is 0. The molecule has 0 aliphatic rings. The van der Waals surface area contributed by atoms with Gasteiger partial charge in [0.05, 0.1) is 0 Å². The number of benzene rings is 2. The quantitative estimate of drug-likeness (QED) is 0.525. The maximum Gasteiger partial charge on any atom is 0.503 e. The third-order valence-corrected chi connectivity index (χ3v) is 1.66. The second-order valence-corrected chi connectivity index (χ2v) is 3.70. The molecule has 0 bridgehead atoms. The van der Waals surface area contributed by atoms with Crippen LogP contribution in [0.25, 0.3) is 10.8 Å². The number of hydrogen-bond acceptors (Lipinski definition) is 3. The second kappa shape index (κ2) is 5.92. The first-order valence-corrected chi connectivity index (χ1v) is 6.61. The molecule has 0 heterocycles. The SMILES string of the molecule is [O-][I+2]([O-])O.c1ccc2ccccc2c1. The fourth-order valence-corrected chi connectivity index (χ4v) is 1.13. The summed E-state index contributed by atoms with van der Waals surface area (Å²) in [5.74, 6) is 0. The molecule has 2 aromatic rings. The first kappa shape index (κ1) is 11.4. The molecule has 0 amide bonds. The fourth-order valence-electron chi connectivity index (χ4n) is 1.13. The van der Waals surface area contributed by atoms with Gasteiger partial charge in [0.15, 0.2) is 0 Å². The lowest BCUT2D eigenvalue weighted by Gasteiger charge is -1.92. The Morgan fingerprint density at radius 3 is 1.21 bits per heavy atom. The largest absolute Gasteiger partial charge is 0.503 e. The van der Waals surface area contributed by atoms with E-state index in [1.54, 1.807) is 0 Å². The minimum Gasteiger partial charge on any atom is -0.396 e. The van der Waals surface area contributed by atoms with Gasteiger partial charge in [-0.2, -0.15) is 0 Å². The Bertz CT molecular complexity index is 322. The van der Waals surface area contributed by atoms with Crippen LogP contribution in [0.4, 0.5) is 0 Å². The summed E-state index contributed by atoms with van der Waals surface area (Å²) in [6, 6.07) is 16.7. The van der Waals surface area contributed by atoms with E-state index < -0.39 is 21.1 Å². The Labute approximate surface area is 90.7 Å². The zero-order valence-corrected chi connectivity index (χ0v) is 9.42. The molecular formula is C10H9IO3. The van der Waals surface area contributed by atoms with Crippen LogP contribution in [-0.2, 0) is 0 Å². The number of hydrogen-bond donors (Lipinski definition) is 1. The van der Waals surface area contributed by atoms with E-state index in [2.05, 4.69) is 48.5 Å². The highest BCUT2D eigenvalue weighted by atomic mass is 127. The molecule has 3 nitrogen and oxygen atoms in total. The minimum atomic E-state index is -3.76. The molecule has 4 heteroatoms. The van der Waals surface area contributed by atoms with Crippen molar-refractivity contribution >= 4 is 10.8 Å². The molecule has 0 atom stereocenters. The predicted molar refractivity (Wildman–Crippen MR) is 46.2 cm³/mol. The van der Waals surface area contributed by atoms with Crippen molar-refractivity contribution in [2.24, 2.45) is 0 Å². The van der Waals surface area contributed by atoms with Crippen molar-refractivity contribution < 1.29 is 31.4 Å². The molecule has 1 N–H and O–H groups in total. The highest BCUT2D eigenvalue weighted by Crippen LogP contribution is 2.11. The van der Waals surface area contributed by atoms with Crippen molar-refractivity contribution in [3.8, 4) is 0 Å². The van der Waals surface area contributed by atoms with E-state index in [-0.39, 0.29) is 0 Å². The van der Waals surface area contributed by atoms with Gasteiger partial charge in [0.25, 0.3) is 0 Å². The molecule has 0 saturated carbocycles. The molecule has 74 valence electrons. The molecule has 0 aromatic heterocycles. The first-order valence-electron chi connectivity index (χ1n) is 3.88. The first-order chi connectivity index (χ1) is 6.70. The van der Waals surface area contributed by atoms with Gasteiger partial charge in [-0.3, -0.25) is 0 Å². The molecule has 0 saturated heterocycles. The molecule has 0 radical (unpaired) electrons. The Balaban J connectivity index is 0.000000213. The average molecular weight is 304 g/mol. The van der Waals surface area contributed by atoms with Crippen LogP contribution < -0.4 is 27.9 Å². The van der Waals surface area contributed by atoms with E-state index in [4.69, 9.17) is 10.3 Å². The smallest absolute Gasteiger partial charge is 0.396 e. The number of rotatable bonds is 0. The minimum absolute atomic E-state index is 1.31. The second-order valence-electron chi connectivity index (χ2n) is 2.55. The Hall–Kier alpha value is -0.690. The Kier molecular flexibility index (Phi) is 4.81. The van der Waals surface area contributed by atoms with E-state index in [0.29, 0.717) is 0 Å². The van der Waals surface area contributed by atoms with Crippen LogP contribution in [0, 0.1) is 0 Å². The lowest BCUT2D eigenvalue weighted by atomic mass is 10.1. The highest BCUT2D eigenvalue weighted by Gasteiger charge is 1.90. The van der Waals surface area contributed by atoms with Gasteiger partial charge in [0.2, 0.25) is 0 Å². The molecule has 0 aliphatic heterocycles. The molecule has 0 unspecified atom stereocenters. The van der Waals surface area contributed by atoms with Crippen molar-refractivity contribution in [3.05, 3.63) is 48.5 Å². The summed E-state index contributed by atoms with van der Waals surface area (Å²) in [7, 11) is 0. The molecule has 2 rings (SSSR count). The third kappa shape index (κ3) is 4.01. The Morgan fingerprint density at radius 1 is 0.786 bits per heavy atom. The zero-order valence-electron chi connectivity index (χ0n) is 7.26. The summed E-state index contributed by atoms with van der Waals surface area (Å²) >= 11 is -3.76. The lowest BCUT2D eigenvalue weighted by Crippen LogP contribution is -3.98. The van der Waals surface area contributed by atoms with Crippen LogP contribution in [0.3, 0.4) is 0 Å². The maximum atomic E-state index is 8.68. The fraction of sp³-hybridized carbons (Fsp3) is 0. The van der Waals surface area contributed by atoms with E-state index in [0.717, 1.165) is 0 Å². The molecule has 0 aliphatic carbocycles. The van der Waals surface area contributed by atoms with Gasteiger partial charge in [0.1, 0.15) is 0 Å². The molecular weight excluding hydrogens is 295 g/mol. The monoisotopic (exact) mass is 304 g/mol. The van der Waals surface area contributed by atoms with Gasteiger partial charge in [-0.25, -0.2) is 0 Å². The standard InChI is InChI=1S/C10H8.HIO3/c1-2-6-10-8-4-3-7-9(10)5-1;2-1(3)4/h1-8H;2H. The maximum absolute atomic E-state index is 8.68. The summed E-state index contributed by atoms with van der Waals surface area (Å²) in [6.45, 7) is 0. The third-order valence-electron chi connectivity index (χ3n) is 1.66. The van der Waals surface area contributed by atoms with Gasteiger partial charge in [0, 0.05) is 0 Å². The van der Waals surface area contributed by atoms with Gasteiger partial charge in [-0.1, -0.05) is 48.5 Å². The number of halogens is 1. The van der Waals surface area contributed by atoms with E-state index in [1.165, 1.54) is 10.8 Å². The zero-order chi connectivity index (χ0) is 10.4. The van der Waals surface area contributed by atoms with Crippen molar-refractivity contribution in [2.75, 3.05) is 0 Å². The lowest BCUT2D eigenvalue weighted by molar-refractivity contribution is -1.63. The van der Waals surface area contributed by atoms with E-state index >= 15 is 0 Å². The molecule has 0 spiro atoms. The van der Waals surface area contributed by atoms with Crippen LogP contribution in [0.15, 0.2) is 48.5 Å². The normalized spacial score (nSPS) is 9.71. The van der Waals surface area contributed by atoms with E-state index in [1.807, 2.05) is 0 Å². The number of fused-ring (bicyclic) bond motifs is 1. The van der Waals surface area contributed by atoms with Crippen LogP contribution >= 0.6 is 0 Å². The Morgan fingerprint density at radius 2 is 1.00 bits per heavy atom. The topological polar surface area (TPSA) is 66.3 Å². The van der Waals surface area contributed by atoms with Gasteiger partial charge in [-0.05, 0) is 14.2 Å². The van der Waals surface area contributed by atoms with Crippen molar-refractivity contribution in [2.45, 2.75) is 0 Å². The highest BCUT2D eigenvalue weighted by molar-refractivity contribution is 5.81. The summed E-state index contributed by atoms with van der Waals surface area (Å²) in [5, 5.41) is 2.62. The molecule has 0 fully saturated rings. The van der Waals surface area contributed by atoms with Crippen molar-refractivity contribution in [3.63, 3.8) is 0 Å². The van der Waals surface area contributed by atoms with Crippen LogP contribution in [0.5, 0.6) is 0 Å². The summed E-state index contributed by atoms with van der Waals surface area (Å²) in [5.41, 5.74) is 0. The average Bonchev–Trinajstić information content (AvgIpc) is 2.17. The predicted octanol–water partition coefficient (Wildman–Crippen LogP) is -3.09.